The van der Waals surface area contributed by atoms with Gasteiger partial charge in [-0.05, 0) is 37.8 Å². The Morgan fingerprint density at radius 3 is 2.55 bits per heavy atom. The summed E-state index contributed by atoms with van der Waals surface area (Å²) in [4.78, 5) is 12.6. The summed E-state index contributed by atoms with van der Waals surface area (Å²) < 4.78 is 10.6. The Hall–Kier alpha value is -1.75. The molecule has 0 saturated carbocycles. The first-order chi connectivity index (χ1) is 10.7. The highest BCUT2D eigenvalue weighted by molar-refractivity contribution is 5.98. The highest BCUT2D eigenvalue weighted by Crippen LogP contribution is 2.31. The summed E-state index contributed by atoms with van der Waals surface area (Å²) in [7, 11) is 3.14. The van der Waals surface area contributed by atoms with E-state index in [4.69, 9.17) is 9.47 Å². The number of benzene rings is 1. The van der Waals surface area contributed by atoms with Gasteiger partial charge in [0.15, 0.2) is 11.5 Å². The molecular weight excluding hydrogens is 280 g/mol. The van der Waals surface area contributed by atoms with Crippen LogP contribution in [0.15, 0.2) is 18.2 Å². The number of ether oxygens (including phenoxy) is 2. The summed E-state index contributed by atoms with van der Waals surface area (Å²) in [5.41, 5.74) is 0.533. The van der Waals surface area contributed by atoms with E-state index >= 15 is 0 Å². The van der Waals surface area contributed by atoms with E-state index in [0.29, 0.717) is 29.1 Å². The van der Waals surface area contributed by atoms with Crippen molar-refractivity contribution in [2.45, 2.75) is 50.2 Å². The van der Waals surface area contributed by atoms with Gasteiger partial charge in [-0.1, -0.05) is 12.5 Å². The zero-order valence-corrected chi connectivity index (χ0v) is 13.2. The molecule has 2 fully saturated rings. The number of carbonyl (C=O) groups is 1. The zero-order chi connectivity index (χ0) is 15.5. The molecule has 120 valence electrons. The smallest absolute Gasteiger partial charge is 0.255 e. The van der Waals surface area contributed by atoms with E-state index in [1.54, 1.807) is 26.4 Å². The van der Waals surface area contributed by atoms with Crippen molar-refractivity contribution in [3.63, 3.8) is 0 Å². The number of nitrogens with one attached hydrogen (secondary N) is 2. The summed E-state index contributed by atoms with van der Waals surface area (Å²) in [6.45, 7) is 0. The van der Waals surface area contributed by atoms with Crippen molar-refractivity contribution in [1.82, 2.24) is 10.6 Å². The molecule has 5 heteroatoms. The molecule has 2 N–H and O–H groups in total. The molecule has 0 spiro atoms. The van der Waals surface area contributed by atoms with Gasteiger partial charge in [0.25, 0.3) is 5.91 Å². The number of fused-ring (bicyclic) bond motifs is 2. The van der Waals surface area contributed by atoms with E-state index in [9.17, 15) is 4.79 Å². The third-order valence-electron chi connectivity index (χ3n) is 4.70. The van der Waals surface area contributed by atoms with Gasteiger partial charge < -0.3 is 20.1 Å². The Balaban J connectivity index is 1.72. The van der Waals surface area contributed by atoms with Gasteiger partial charge in [-0.3, -0.25) is 4.79 Å². The average molecular weight is 304 g/mol. The molecule has 0 radical (unpaired) electrons. The molecule has 2 aliphatic heterocycles. The van der Waals surface area contributed by atoms with Gasteiger partial charge in [-0.15, -0.1) is 0 Å². The van der Waals surface area contributed by atoms with Crippen LogP contribution in [0.4, 0.5) is 0 Å². The highest BCUT2D eigenvalue weighted by Gasteiger charge is 2.32. The summed E-state index contributed by atoms with van der Waals surface area (Å²) in [6, 6.07) is 6.71. The Kier molecular flexibility index (Phi) is 4.52. The standard InChI is InChI=1S/C17H24N2O3/c1-21-15-8-4-7-14(16(15)22-2)17(20)19-13-9-11-5-3-6-12(10-13)18-11/h4,7-8,11-13,18H,3,5-6,9-10H2,1-2H3,(H,19,20)/t11-,12+,13?. The molecule has 2 aliphatic rings. The fourth-order valence-corrected chi connectivity index (χ4v) is 3.71. The van der Waals surface area contributed by atoms with E-state index in [1.165, 1.54) is 19.3 Å². The SMILES string of the molecule is COc1cccc(C(=O)NC2C[C@H]3CCC[C@@H](C2)N3)c1OC. The molecule has 1 amide bonds. The molecular formula is C17H24N2O3. The lowest BCUT2D eigenvalue weighted by molar-refractivity contribution is 0.0903. The summed E-state index contributed by atoms with van der Waals surface area (Å²) in [5, 5.41) is 6.82. The van der Waals surface area contributed by atoms with Gasteiger partial charge in [0, 0.05) is 18.1 Å². The van der Waals surface area contributed by atoms with Crippen LogP contribution in [0.1, 0.15) is 42.5 Å². The van der Waals surface area contributed by atoms with Crippen molar-refractivity contribution in [1.29, 1.82) is 0 Å². The lowest BCUT2D eigenvalue weighted by Crippen LogP contribution is -2.54. The van der Waals surface area contributed by atoms with Gasteiger partial charge in [-0.2, -0.15) is 0 Å². The Bertz CT molecular complexity index is 535. The van der Waals surface area contributed by atoms with Crippen molar-refractivity contribution in [3.05, 3.63) is 23.8 Å². The van der Waals surface area contributed by atoms with E-state index in [2.05, 4.69) is 10.6 Å². The number of hydrogen-bond donors (Lipinski definition) is 2. The minimum absolute atomic E-state index is 0.0827. The van der Waals surface area contributed by atoms with Gasteiger partial charge >= 0.3 is 0 Å². The van der Waals surface area contributed by atoms with Crippen molar-refractivity contribution < 1.29 is 14.3 Å². The lowest BCUT2D eigenvalue weighted by Gasteiger charge is -2.40. The monoisotopic (exact) mass is 304 g/mol. The van der Waals surface area contributed by atoms with Gasteiger partial charge in [0.1, 0.15) is 0 Å². The van der Waals surface area contributed by atoms with Crippen molar-refractivity contribution >= 4 is 5.91 Å². The Labute approximate surface area is 131 Å². The molecule has 2 heterocycles. The van der Waals surface area contributed by atoms with Crippen LogP contribution in [-0.4, -0.2) is 38.3 Å². The molecule has 5 nitrogen and oxygen atoms in total. The number of rotatable bonds is 4. The van der Waals surface area contributed by atoms with Crippen molar-refractivity contribution in [3.8, 4) is 11.5 Å². The third-order valence-corrected chi connectivity index (χ3v) is 4.70. The first-order valence-electron chi connectivity index (χ1n) is 7.99. The van der Waals surface area contributed by atoms with Crippen LogP contribution in [0.25, 0.3) is 0 Å². The molecule has 3 atom stereocenters. The van der Waals surface area contributed by atoms with Crippen molar-refractivity contribution in [2.24, 2.45) is 0 Å². The van der Waals surface area contributed by atoms with Crippen LogP contribution in [0.3, 0.4) is 0 Å². The molecule has 2 saturated heterocycles. The van der Waals surface area contributed by atoms with Gasteiger partial charge in [-0.25, -0.2) is 0 Å². The maximum atomic E-state index is 12.6. The number of hydrogen-bond acceptors (Lipinski definition) is 4. The van der Waals surface area contributed by atoms with Gasteiger partial charge in [0.2, 0.25) is 0 Å². The van der Waals surface area contributed by atoms with Crippen LogP contribution < -0.4 is 20.1 Å². The molecule has 1 aromatic rings. The predicted molar refractivity (Wildman–Crippen MR) is 84.6 cm³/mol. The van der Waals surface area contributed by atoms with Gasteiger partial charge in [0.05, 0.1) is 19.8 Å². The third kappa shape index (κ3) is 3.04. The maximum Gasteiger partial charge on any atom is 0.255 e. The number of carbonyl (C=O) groups excluding carboxylic acids is 1. The number of piperidine rings is 2. The minimum Gasteiger partial charge on any atom is -0.493 e. The van der Waals surface area contributed by atoms with E-state index in [-0.39, 0.29) is 11.9 Å². The van der Waals surface area contributed by atoms with Crippen LogP contribution in [0.5, 0.6) is 11.5 Å². The number of amides is 1. The Morgan fingerprint density at radius 1 is 1.18 bits per heavy atom. The average Bonchev–Trinajstić information content (AvgIpc) is 2.53. The molecule has 0 aliphatic carbocycles. The maximum absolute atomic E-state index is 12.6. The zero-order valence-electron chi connectivity index (χ0n) is 13.2. The summed E-state index contributed by atoms with van der Waals surface area (Å²) >= 11 is 0. The predicted octanol–water partition coefficient (Wildman–Crippen LogP) is 2.11. The molecule has 22 heavy (non-hydrogen) atoms. The summed E-state index contributed by atoms with van der Waals surface area (Å²) in [6.07, 6.45) is 5.74. The first kappa shape index (κ1) is 15.2. The van der Waals surface area contributed by atoms with Crippen LogP contribution in [0.2, 0.25) is 0 Å². The summed E-state index contributed by atoms with van der Waals surface area (Å²) in [5.74, 6) is 0.995. The van der Waals surface area contributed by atoms with Crippen LogP contribution in [-0.2, 0) is 0 Å². The molecule has 3 rings (SSSR count). The minimum atomic E-state index is -0.0827. The quantitative estimate of drug-likeness (QED) is 0.894. The first-order valence-corrected chi connectivity index (χ1v) is 7.99. The number of para-hydroxylation sites is 1. The fourth-order valence-electron chi connectivity index (χ4n) is 3.71. The van der Waals surface area contributed by atoms with E-state index in [0.717, 1.165) is 12.8 Å². The fraction of sp³-hybridized carbons (Fsp3) is 0.588. The molecule has 1 aromatic carbocycles. The molecule has 2 bridgehead atoms. The largest absolute Gasteiger partial charge is 0.493 e. The van der Waals surface area contributed by atoms with E-state index in [1.807, 2.05) is 6.07 Å². The molecule has 1 unspecified atom stereocenters. The van der Waals surface area contributed by atoms with Crippen LogP contribution >= 0.6 is 0 Å². The van der Waals surface area contributed by atoms with Crippen LogP contribution in [0, 0.1) is 0 Å². The van der Waals surface area contributed by atoms with E-state index < -0.39 is 0 Å². The highest BCUT2D eigenvalue weighted by atomic mass is 16.5. The second-order valence-electron chi connectivity index (χ2n) is 6.17. The topological polar surface area (TPSA) is 59.6 Å². The second kappa shape index (κ2) is 6.57. The normalized spacial score (nSPS) is 27.1. The number of methoxy groups -OCH3 is 2. The molecule has 0 aromatic heterocycles. The lowest BCUT2D eigenvalue weighted by atomic mass is 9.84. The Morgan fingerprint density at radius 2 is 1.91 bits per heavy atom. The van der Waals surface area contributed by atoms with Crippen molar-refractivity contribution in [2.75, 3.05) is 14.2 Å². The second-order valence-corrected chi connectivity index (χ2v) is 6.17.